The first-order chi connectivity index (χ1) is 6.93. The molecule has 15 heavy (non-hydrogen) atoms. The van der Waals surface area contributed by atoms with Crippen LogP contribution in [-0.2, 0) is 4.79 Å². The Kier molecular flexibility index (Phi) is 7.01. The summed E-state index contributed by atoms with van der Waals surface area (Å²) in [5.41, 5.74) is 1.29. The second-order valence-corrected chi connectivity index (χ2v) is 4.35. The molecule has 0 aliphatic rings. The first-order valence-electron chi connectivity index (χ1n) is 5.43. The highest BCUT2D eigenvalue weighted by Crippen LogP contribution is 2.16. The molecule has 2 atom stereocenters. The van der Waals surface area contributed by atoms with Crippen LogP contribution in [0.1, 0.15) is 46.5 Å². The van der Waals surface area contributed by atoms with E-state index in [9.17, 15) is 9.18 Å². The van der Waals surface area contributed by atoms with Crippen molar-refractivity contribution in [3.05, 3.63) is 11.6 Å². The normalized spacial score (nSPS) is 14.4. The molecule has 0 aromatic rings. The maximum atomic E-state index is 12.7. The maximum absolute atomic E-state index is 12.7. The minimum absolute atomic E-state index is 0.130. The molecule has 0 radical (unpaired) electrons. The van der Waals surface area contributed by atoms with Crippen LogP contribution in [0.15, 0.2) is 11.6 Å². The Labute approximate surface area is 91.2 Å². The third-order valence-electron chi connectivity index (χ3n) is 2.39. The first kappa shape index (κ1) is 14.1. The molecule has 0 saturated carbocycles. The third kappa shape index (κ3) is 8.16. The van der Waals surface area contributed by atoms with Crippen LogP contribution in [0.2, 0.25) is 0 Å². The lowest BCUT2D eigenvalue weighted by Gasteiger charge is -2.10. The average molecular weight is 216 g/mol. The molecule has 0 unspecified atom stereocenters. The summed E-state index contributed by atoms with van der Waals surface area (Å²) in [7, 11) is 0. The van der Waals surface area contributed by atoms with E-state index in [0.29, 0.717) is 12.3 Å². The summed E-state index contributed by atoms with van der Waals surface area (Å²) in [4.78, 5) is 10.2. The van der Waals surface area contributed by atoms with Gasteiger partial charge in [0.1, 0.15) is 0 Å². The third-order valence-corrected chi connectivity index (χ3v) is 2.39. The second kappa shape index (κ2) is 7.43. The molecule has 0 rings (SSSR count). The number of hydrogen-bond acceptors (Lipinski definition) is 1. The topological polar surface area (TPSA) is 37.3 Å². The van der Waals surface area contributed by atoms with E-state index in [2.05, 4.69) is 6.08 Å². The molecule has 0 aliphatic carbocycles. The van der Waals surface area contributed by atoms with E-state index in [1.165, 1.54) is 5.57 Å². The number of carboxylic acid groups (broad SMARTS) is 1. The van der Waals surface area contributed by atoms with Crippen molar-refractivity contribution in [2.24, 2.45) is 5.92 Å². The molecular weight excluding hydrogens is 195 g/mol. The van der Waals surface area contributed by atoms with Crippen LogP contribution in [0, 0.1) is 5.92 Å². The number of carbonyl (C=O) groups is 1. The predicted octanol–water partition coefficient (Wildman–Crippen LogP) is 3.57. The summed E-state index contributed by atoms with van der Waals surface area (Å²) in [6.45, 7) is 6.13. The summed E-state index contributed by atoms with van der Waals surface area (Å²) >= 11 is 0. The zero-order valence-electron chi connectivity index (χ0n) is 9.79. The van der Waals surface area contributed by atoms with Gasteiger partial charge in [0, 0.05) is 0 Å². The summed E-state index contributed by atoms with van der Waals surface area (Å²) in [6, 6.07) is 0. The largest absolute Gasteiger partial charge is 0.479 e. The number of hydrogen-bond donors (Lipinski definition) is 1. The quantitative estimate of drug-likeness (QED) is 0.660. The lowest BCUT2D eigenvalue weighted by atomic mass is 9.98. The molecule has 2 nitrogen and oxygen atoms in total. The van der Waals surface area contributed by atoms with Crippen LogP contribution in [0.25, 0.3) is 0 Å². The minimum atomic E-state index is -1.70. The van der Waals surface area contributed by atoms with Gasteiger partial charge in [-0.15, -0.1) is 0 Å². The SMILES string of the molecule is CC(C)=CCC[C@H](C)CC[C@@H](F)C(=O)O. The highest BCUT2D eigenvalue weighted by molar-refractivity contribution is 5.71. The minimum Gasteiger partial charge on any atom is -0.479 e. The fourth-order valence-corrected chi connectivity index (χ4v) is 1.36. The summed E-state index contributed by atoms with van der Waals surface area (Å²) in [6.07, 6.45) is 3.22. The van der Waals surface area contributed by atoms with Crippen LogP contribution < -0.4 is 0 Å². The lowest BCUT2D eigenvalue weighted by molar-refractivity contribution is -0.143. The first-order valence-corrected chi connectivity index (χ1v) is 5.43. The molecule has 88 valence electrons. The Balaban J connectivity index is 3.62. The Bertz CT molecular complexity index is 220. The molecule has 0 heterocycles. The zero-order valence-corrected chi connectivity index (χ0v) is 9.79. The van der Waals surface area contributed by atoms with Crippen LogP contribution in [-0.4, -0.2) is 17.2 Å². The van der Waals surface area contributed by atoms with E-state index in [0.717, 1.165) is 12.8 Å². The molecule has 0 fully saturated rings. The van der Waals surface area contributed by atoms with Gasteiger partial charge in [-0.1, -0.05) is 18.6 Å². The van der Waals surface area contributed by atoms with Gasteiger partial charge in [0.25, 0.3) is 0 Å². The highest BCUT2D eigenvalue weighted by atomic mass is 19.1. The van der Waals surface area contributed by atoms with Crippen LogP contribution >= 0.6 is 0 Å². The Morgan fingerprint density at radius 2 is 1.93 bits per heavy atom. The molecule has 0 bridgehead atoms. The fraction of sp³-hybridized carbons (Fsp3) is 0.750. The van der Waals surface area contributed by atoms with Gasteiger partial charge in [-0.05, 0) is 45.4 Å². The van der Waals surface area contributed by atoms with E-state index in [1.54, 1.807) is 0 Å². The van der Waals surface area contributed by atoms with Gasteiger partial charge < -0.3 is 5.11 Å². The molecule has 0 aliphatic heterocycles. The van der Waals surface area contributed by atoms with Crippen molar-refractivity contribution >= 4 is 5.97 Å². The van der Waals surface area contributed by atoms with Gasteiger partial charge in [0.05, 0.1) is 0 Å². The molecule has 3 heteroatoms. The maximum Gasteiger partial charge on any atom is 0.338 e. The highest BCUT2D eigenvalue weighted by Gasteiger charge is 2.16. The van der Waals surface area contributed by atoms with Gasteiger partial charge in [-0.3, -0.25) is 0 Å². The van der Waals surface area contributed by atoms with Gasteiger partial charge >= 0.3 is 5.97 Å². The van der Waals surface area contributed by atoms with Crippen molar-refractivity contribution in [3.8, 4) is 0 Å². The monoisotopic (exact) mass is 216 g/mol. The van der Waals surface area contributed by atoms with Crippen molar-refractivity contribution in [1.29, 1.82) is 0 Å². The Morgan fingerprint density at radius 3 is 2.40 bits per heavy atom. The van der Waals surface area contributed by atoms with E-state index < -0.39 is 12.1 Å². The van der Waals surface area contributed by atoms with Crippen molar-refractivity contribution in [2.45, 2.75) is 52.6 Å². The van der Waals surface area contributed by atoms with Gasteiger partial charge in [0.15, 0.2) is 6.17 Å². The van der Waals surface area contributed by atoms with Crippen molar-refractivity contribution in [1.82, 2.24) is 0 Å². The smallest absolute Gasteiger partial charge is 0.338 e. The van der Waals surface area contributed by atoms with Crippen molar-refractivity contribution in [3.63, 3.8) is 0 Å². The van der Waals surface area contributed by atoms with Crippen LogP contribution in [0.5, 0.6) is 0 Å². The molecule has 0 saturated heterocycles. The molecular formula is C12H21FO2. The Morgan fingerprint density at radius 1 is 1.33 bits per heavy atom. The molecule has 1 N–H and O–H groups in total. The number of halogens is 1. The second-order valence-electron chi connectivity index (χ2n) is 4.35. The van der Waals surface area contributed by atoms with E-state index in [4.69, 9.17) is 5.11 Å². The molecule has 0 amide bonds. The lowest BCUT2D eigenvalue weighted by Crippen LogP contribution is -2.15. The fourth-order valence-electron chi connectivity index (χ4n) is 1.36. The average Bonchev–Trinajstić information content (AvgIpc) is 2.13. The number of rotatable bonds is 7. The van der Waals surface area contributed by atoms with Gasteiger partial charge in [0.2, 0.25) is 0 Å². The number of allylic oxidation sites excluding steroid dienone is 2. The van der Waals surface area contributed by atoms with E-state index in [1.807, 2.05) is 20.8 Å². The van der Waals surface area contributed by atoms with Crippen molar-refractivity contribution in [2.75, 3.05) is 0 Å². The Hall–Kier alpha value is -0.860. The van der Waals surface area contributed by atoms with Gasteiger partial charge in [-0.25, -0.2) is 9.18 Å². The number of alkyl halides is 1. The van der Waals surface area contributed by atoms with Crippen molar-refractivity contribution < 1.29 is 14.3 Å². The van der Waals surface area contributed by atoms with E-state index >= 15 is 0 Å². The summed E-state index contributed by atoms with van der Waals surface area (Å²) in [5, 5.41) is 8.36. The number of carboxylic acids is 1. The molecule has 0 aromatic carbocycles. The zero-order chi connectivity index (χ0) is 11.8. The predicted molar refractivity (Wildman–Crippen MR) is 59.6 cm³/mol. The summed E-state index contributed by atoms with van der Waals surface area (Å²) in [5.74, 6) is -0.954. The number of aliphatic carboxylic acids is 1. The van der Waals surface area contributed by atoms with E-state index in [-0.39, 0.29) is 6.42 Å². The van der Waals surface area contributed by atoms with Gasteiger partial charge in [-0.2, -0.15) is 0 Å². The van der Waals surface area contributed by atoms with Crippen LogP contribution in [0.4, 0.5) is 4.39 Å². The molecule has 0 spiro atoms. The van der Waals surface area contributed by atoms with Crippen LogP contribution in [0.3, 0.4) is 0 Å². The standard InChI is InChI=1S/C12H21FO2/c1-9(2)5-4-6-10(3)7-8-11(13)12(14)15/h5,10-11H,4,6-8H2,1-3H3,(H,14,15)/t10-,11+/m0/s1. The molecule has 0 aromatic heterocycles. The summed E-state index contributed by atoms with van der Waals surface area (Å²) < 4.78 is 12.7.